The number of rotatable bonds is 13. The third kappa shape index (κ3) is 7.82. The molecule has 0 bridgehead atoms. The Morgan fingerprint density at radius 1 is 0.886 bits per heavy atom. The van der Waals surface area contributed by atoms with Crippen LogP contribution in [0.4, 0.5) is 10.1 Å². The van der Waals surface area contributed by atoms with Crippen LogP contribution >= 0.6 is 0 Å². The molecule has 0 aliphatic heterocycles. The molecule has 0 aromatic heterocycles. The topological polar surface area (TPSA) is 96.0 Å². The zero-order valence-corrected chi connectivity index (χ0v) is 25.8. The average molecular weight is 618 g/mol. The first-order valence-electron chi connectivity index (χ1n) is 14.2. The Bertz CT molecular complexity index is 1660. The van der Waals surface area contributed by atoms with E-state index in [0.29, 0.717) is 12.4 Å². The smallest absolute Gasteiger partial charge is 0.264 e. The molecule has 8 nitrogen and oxygen atoms in total. The van der Waals surface area contributed by atoms with Gasteiger partial charge in [-0.05, 0) is 61.9 Å². The number of halogens is 1. The summed E-state index contributed by atoms with van der Waals surface area (Å²) < 4.78 is 49.6. The predicted octanol–water partition coefficient (Wildman–Crippen LogP) is 5.11. The van der Waals surface area contributed by atoms with Gasteiger partial charge in [-0.1, -0.05) is 66.2 Å². The summed E-state index contributed by atoms with van der Waals surface area (Å²) in [5.74, 6) is -1.15. The van der Waals surface area contributed by atoms with Crippen LogP contribution in [0.2, 0.25) is 0 Å². The van der Waals surface area contributed by atoms with Crippen molar-refractivity contribution in [2.45, 2.75) is 37.8 Å². The van der Waals surface area contributed by atoms with Gasteiger partial charge in [0.1, 0.15) is 24.2 Å². The van der Waals surface area contributed by atoms with E-state index < -0.39 is 40.2 Å². The van der Waals surface area contributed by atoms with Crippen molar-refractivity contribution in [3.63, 3.8) is 0 Å². The lowest BCUT2D eigenvalue weighted by atomic mass is 10.0. The molecule has 4 aromatic rings. The SMILES string of the molecule is CCOc1ccc(N(CC(=O)N(Cc2ccccc2F)[C@H](Cc2ccccc2)C(=O)NC)S(=O)(=O)c2ccc(C)cc2)cc1. The van der Waals surface area contributed by atoms with Crippen LogP contribution in [0.1, 0.15) is 23.6 Å². The molecule has 0 aliphatic rings. The molecule has 0 aliphatic carbocycles. The highest BCUT2D eigenvalue weighted by molar-refractivity contribution is 7.92. The fraction of sp³-hybridized carbons (Fsp3) is 0.235. The molecule has 0 radical (unpaired) electrons. The number of nitrogens with zero attached hydrogens (tertiary/aromatic N) is 2. The fourth-order valence-electron chi connectivity index (χ4n) is 4.77. The van der Waals surface area contributed by atoms with E-state index in [1.807, 2.05) is 44.2 Å². The van der Waals surface area contributed by atoms with Crippen LogP contribution in [0.15, 0.2) is 108 Å². The van der Waals surface area contributed by atoms with Crippen molar-refractivity contribution in [3.8, 4) is 5.75 Å². The second kappa shape index (κ2) is 14.7. The minimum Gasteiger partial charge on any atom is -0.494 e. The highest BCUT2D eigenvalue weighted by atomic mass is 32.2. The van der Waals surface area contributed by atoms with Crippen molar-refractivity contribution in [3.05, 3.63) is 126 Å². The molecule has 4 aromatic carbocycles. The van der Waals surface area contributed by atoms with Crippen LogP contribution in [0.25, 0.3) is 0 Å². The van der Waals surface area contributed by atoms with Crippen LogP contribution in [-0.4, -0.2) is 51.4 Å². The number of hydrogen-bond donors (Lipinski definition) is 1. The van der Waals surface area contributed by atoms with Gasteiger partial charge in [-0.15, -0.1) is 0 Å². The second-order valence-electron chi connectivity index (χ2n) is 10.2. The van der Waals surface area contributed by atoms with E-state index in [2.05, 4.69) is 5.32 Å². The van der Waals surface area contributed by atoms with Gasteiger partial charge in [0.2, 0.25) is 11.8 Å². The number of amides is 2. The molecule has 44 heavy (non-hydrogen) atoms. The monoisotopic (exact) mass is 617 g/mol. The summed E-state index contributed by atoms with van der Waals surface area (Å²) >= 11 is 0. The first-order valence-corrected chi connectivity index (χ1v) is 15.7. The number of sulfonamides is 1. The highest BCUT2D eigenvalue weighted by Crippen LogP contribution is 2.27. The lowest BCUT2D eigenvalue weighted by Gasteiger charge is -2.33. The summed E-state index contributed by atoms with van der Waals surface area (Å²) in [5.41, 5.74) is 2.07. The molecule has 230 valence electrons. The Kier molecular flexibility index (Phi) is 10.7. The number of carbonyl (C=O) groups excluding carboxylic acids is 2. The van der Waals surface area contributed by atoms with Crippen LogP contribution in [0.5, 0.6) is 5.75 Å². The molecule has 0 spiro atoms. The molecule has 0 heterocycles. The van der Waals surface area contributed by atoms with E-state index in [9.17, 15) is 22.4 Å². The van der Waals surface area contributed by atoms with Crippen molar-refractivity contribution in [1.82, 2.24) is 10.2 Å². The van der Waals surface area contributed by atoms with Crippen molar-refractivity contribution < 1.29 is 27.1 Å². The second-order valence-corrected chi connectivity index (χ2v) is 12.0. The summed E-state index contributed by atoms with van der Waals surface area (Å²) in [5, 5.41) is 2.61. The fourth-order valence-corrected chi connectivity index (χ4v) is 6.19. The Morgan fingerprint density at radius 2 is 1.52 bits per heavy atom. The average Bonchev–Trinajstić information content (AvgIpc) is 3.03. The van der Waals surface area contributed by atoms with E-state index in [1.54, 1.807) is 42.5 Å². The van der Waals surface area contributed by atoms with E-state index in [1.165, 1.54) is 42.3 Å². The maximum atomic E-state index is 14.9. The van der Waals surface area contributed by atoms with Crippen LogP contribution < -0.4 is 14.4 Å². The van der Waals surface area contributed by atoms with Crippen LogP contribution in [-0.2, 0) is 32.6 Å². The van der Waals surface area contributed by atoms with E-state index >= 15 is 0 Å². The molecule has 1 atom stereocenters. The van der Waals surface area contributed by atoms with Gasteiger partial charge in [0.05, 0.1) is 17.2 Å². The number of hydrogen-bond acceptors (Lipinski definition) is 5. The number of benzene rings is 4. The lowest BCUT2D eigenvalue weighted by Crippen LogP contribution is -2.53. The number of anilines is 1. The molecular weight excluding hydrogens is 581 g/mol. The number of nitrogens with one attached hydrogen (secondary N) is 1. The van der Waals surface area contributed by atoms with Gasteiger partial charge in [-0.3, -0.25) is 13.9 Å². The molecule has 2 amide bonds. The Hall–Kier alpha value is -4.70. The van der Waals surface area contributed by atoms with Crippen LogP contribution in [0.3, 0.4) is 0 Å². The van der Waals surface area contributed by atoms with E-state index in [4.69, 9.17) is 4.74 Å². The van der Waals surface area contributed by atoms with Crippen molar-refractivity contribution >= 4 is 27.5 Å². The first kappa shape index (κ1) is 32.2. The lowest BCUT2D eigenvalue weighted by molar-refractivity contribution is -0.139. The molecule has 10 heteroatoms. The van der Waals surface area contributed by atoms with Crippen molar-refractivity contribution in [2.24, 2.45) is 0 Å². The van der Waals surface area contributed by atoms with Gasteiger partial charge in [-0.25, -0.2) is 12.8 Å². The van der Waals surface area contributed by atoms with Gasteiger partial charge in [0.15, 0.2) is 0 Å². The molecule has 0 saturated heterocycles. The molecule has 4 rings (SSSR count). The summed E-state index contributed by atoms with van der Waals surface area (Å²) in [6, 6.07) is 26.8. The zero-order valence-electron chi connectivity index (χ0n) is 24.9. The number of ether oxygens (including phenoxy) is 1. The third-order valence-electron chi connectivity index (χ3n) is 7.14. The number of carbonyl (C=O) groups is 2. The minimum absolute atomic E-state index is 0.00225. The molecule has 1 N–H and O–H groups in total. The minimum atomic E-state index is -4.25. The Labute approximate surface area is 258 Å². The van der Waals surface area contributed by atoms with Gasteiger partial charge < -0.3 is 15.0 Å². The number of likely N-dealkylation sites (N-methyl/N-ethyl adjacent to an activating group) is 1. The molecule has 0 unspecified atom stereocenters. The highest BCUT2D eigenvalue weighted by Gasteiger charge is 2.34. The molecule has 0 fully saturated rings. The Morgan fingerprint density at radius 3 is 2.14 bits per heavy atom. The summed E-state index contributed by atoms with van der Waals surface area (Å²) in [7, 11) is -2.79. The van der Waals surface area contributed by atoms with Crippen molar-refractivity contribution in [1.29, 1.82) is 0 Å². The van der Waals surface area contributed by atoms with Crippen LogP contribution in [0, 0.1) is 12.7 Å². The van der Waals surface area contributed by atoms with E-state index in [0.717, 1.165) is 15.4 Å². The maximum Gasteiger partial charge on any atom is 0.264 e. The summed E-state index contributed by atoms with van der Waals surface area (Å²) in [6.45, 7) is 3.22. The third-order valence-corrected chi connectivity index (χ3v) is 8.93. The van der Waals surface area contributed by atoms with Gasteiger partial charge in [0, 0.05) is 25.6 Å². The molecule has 0 saturated carbocycles. The summed E-state index contributed by atoms with van der Waals surface area (Å²) in [4.78, 5) is 28.8. The predicted molar refractivity (Wildman–Crippen MR) is 168 cm³/mol. The quantitative estimate of drug-likeness (QED) is 0.225. The maximum absolute atomic E-state index is 14.9. The standard InChI is InChI=1S/C34H36FN3O5S/c1-4-43-29-18-16-28(17-19-29)38(44(41,42)30-20-14-25(2)15-21-30)24-33(39)37(23-27-12-8-9-13-31(27)35)32(34(40)36-3)22-26-10-6-5-7-11-26/h5-21,32H,4,22-24H2,1-3H3,(H,36,40)/t32-/m1/s1. The van der Waals surface area contributed by atoms with Gasteiger partial charge in [0.25, 0.3) is 10.0 Å². The Balaban J connectivity index is 1.79. The zero-order chi connectivity index (χ0) is 31.7. The van der Waals surface area contributed by atoms with Crippen molar-refractivity contribution in [2.75, 3.05) is 24.5 Å². The van der Waals surface area contributed by atoms with Gasteiger partial charge >= 0.3 is 0 Å². The number of aryl methyl sites for hydroxylation is 1. The normalized spacial score (nSPS) is 11.8. The first-order chi connectivity index (χ1) is 21.1. The van der Waals surface area contributed by atoms with E-state index in [-0.39, 0.29) is 29.1 Å². The largest absolute Gasteiger partial charge is 0.494 e. The summed E-state index contributed by atoms with van der Waals surface area (Å²) in [6.07, 6.45) is 0.133. The molecular formula is C34H36FN3O5S. The van der Waals surface area contributed by atoms with Gasteiger partial charge in [-0.2, -0.15) is 0 Å².